The number of amides is 1. The SMILES string of the molecule is COc1ccc(C(=O)N(CC(C)C)C(C)C)cc1O. The molecule has 106 valence electrons. The Morgan fingerprint density at radius 3 is 2.37 bits per heavy atom. The molecule has 0 unspecified atom stereocenters. The fourth-order valence-electron chi connectivity index (χ4n) is 1.91. The van der Waals surface area contributed by atoms with E-state index in [0.717, 1.165) is 0 Å². The van der Waals surface area contributed by atoms with Gasteiger partial charge >= 0.3 is 0 Å². The summed E-state index contributed by atoms with van der Waals surface area (Å²) in [5.74, 6) is 0.693. The molecular formula is C15H23NO3. The second-order valence-electron chi connectivity index (χ2n) is 5.33. The van der Waals surface area contributed by atoms with E-state index >= 15 is 0 Å². The molecule has 1 N–H and O–H groups in total. The molecule has 1 rings (SSSR count). The number of phenols is 1. The number of hydrogen-bond donors (Lipinski definition) is 1. The number of benzene rings is 1. The van der Waals surface area contributed by atoms with Gasteiger partial charge in [0, 0.05) is 18.2 Å². The number of carbonyl (C=O) groups excluding carboxylic acids is 1. The quantitative estimate of drug-likeness (QED) is 0.890. The molecule has 4 heteroatoms. The van der Waals surface area contributed by atoms with E-state index in [1.165, 1.54) is 13.2 Å². The molecule has 0 heterocycles. The Labute approximate surface area is 115 Å². The van der Waals surface area contributed by atoms with Gasteiger partial charge in [-0.05, 0) is 38.0 Å². The first-order chi connectivity index (χ1) is 8.86. The minimum absolute atomic E-state index is 0.0124. The van der Waals surface area contributed by atoms with Gasteiger partial charge in [-0.3, -0.25) is 4.79 Å². The van der Waals surface area contributed by atoms with Crippen molar-refractivity contribution in [2.45, 2.75) is 33.7 Å². The highest BCUT2D eigenvalue weighted by atomic mass is 16.5. The molecule has 1 aromatic carbocycles. The lowest BCUT2D eigenvalue weighted by molar-refractivity contribution is 0.0681. The maximum Gasteiger partial charge on any atom is 0.254 e. The Morgan fingerprint density at radius 1 is 1.32 bits per heavy atom. The summed E-state index contributed by atoms with van der Waals surface area (Å²) < 4.78 is 4.98. The Morgan fingerprint density at radius 2 is 1.95 bits per heavy atom. The van der Waals surface area contributed by atoms with Crippen LogP contribution < -0.4 is 4.74 Å². The minimum Gasteiger partial charge on any atom is -0.504 e. The number of rotatable bonds is 5. The van der Waals surface area contributed by atoms with Crippen molar-refractivity contribution in [2.24, 2.45) is 5.92 Å². The van der Waals surface area contributed by atoms with Crippen molar-refractivity contribution in [3.05, 3.63) is 23.8 Å². The number of ether oxygens (including phenoxy) is 1. The average Bonchev–Trinajstić information content (AvgIpc) is 2.34. The van der Waals surface area contributed by atoms with Crippen LogP contribution in [0.3, 0.4) is 0 Å². The second kappa shape index (κ2) is 6.45. The molecule has 1 amide bonds. The first-order valence-corrected chi connectivity index (χ1v) is 6.54. The molecule has 0 fully saturated rings. The van der Waals surface area contributed by atoms with Crippen LogP contribution in [0.2, 0.25) is 0 Å². The molecule has 0 spiro atoms. The molecule has 0 aliphatic heterocycles. The van der Waals surface area contributed by atoms with Gasteiger partial charge in [-0.1, -0.05) is 13.8 Å². The van der Waals surface area contributed by atoms with E-state index in [0.29, 0.717) is 23.8 Å². The van der Waals surface area contributed by atoms with E-state index < -0.39 is 0 Å². The van der Waals surface area contributed by atoms with E-state index in [9.17, 15) is 9.90 Å². The predicted molar refractivity (Wildman–Crippen MR) is 75.7 cm³/mol. The van der Waals surface area contributed by atoms with Gasteiger partial charge in [0.1, 0.15) is 0 Å². The van der Waals surface area contributed by atoms with Crippen LogP contribution in [-0.4, -0.2) is 35.6 Å². The van der Waals surface area contributed by atoms with Crippen molar-refractivity contribution >= 4 is 5.91 Å². The summed E-state index contributed by atoms with van der Waals surface area (Å²) in [5.41, 5.74) is 0.479. The molecule has 0 atom stereocenters. The normalized spacial score (nSPS) is 10.9. The van der Waals surface area contributed by atoms with Crippen molar-refractivity contribution in [2.75, 3.05) is 13.7 Å². The first-order valence-electron chi connectivity index (χ1n) is 6.54. The standard InChI is InChI=1S/C15H23NO3/c1-10(2)9-16(11(3)4)15(18)12-6-7-14(19-5)13(17)8-12/h6-8,10-11,17H,9H2,1-5H3. The first kappa shape index (κ1) is 15.3. The summed E-state index contributed by atoms with van der Waals surface area (Å²) in [6.45, 7) is 8.83. The lowest BCUT2D eigenvalue weighted by Crippen LogP contribution is -2.39. The molecule has 0 radical (unpaired) electrons. The van der Waals surface area contributed by atoms with Gasteiger partial charge in [0.15, 0.2) is 11.5 Å². The van der Waals surface area contributed by atoms with E-state index in [2.05, 4.69) is 13.8 Å². The summed E-state index contributed by atoms with van der Waals surface area (Å²) in [6.07, 6.45) is 0. The van der Waals surface area contributed by atoms with Crippen LogP contribution >= 0.6 is 0 Å². The number of methoxy groups -OCH3 is 1. The third kappa shape index (κ3) is 3.88. The molecule has 0 saturated heterocycles. The van der Waals surface area contributed by atoms with Crippen LogP contribution in [-0.2, 0) is 0 Å². The fourth-order valence-corrected chi connectivity index (χ4v) is 1.91. The molecule has 0 aliphatic rings. The number of aromatic hydroxyl groups is 1. The number of nitrogens with zero attached hydrogens (tertiary/aromatic N) is 1. The van der Waals surface area contributed by atoms with Crippen LogP contribution in [0.5, 0.6) is 11.5 Å². The minimum atomic E-state index is -0.0679. The zero-order valence-electron chi connectivity index (χ0n) is 12.3. The summed E-state index contributed by atoms with van der Waals surface area (Å²) in [4.78, 5) is 14.3. The smallest absolute Gasteiger partial charge is 0.254 e. The van der Waals surface area contributed by atoms with E-state index in [1.807, 2.05) is 18.7 Å². The van der Waals surface area contributed by atoms with Crippen molar-refractivity contribution in [3.63, 3.8) is 0 Å². The lowest BCUT2D eigenvalue weighted by atomic mass is 10.1. The Kier molecular flexibility index (Phi) is 5.21. The van der Waals surface area contributed by atoms with Crippen molar-refractivity contribution < 1.29 is 14.6 Å². The highest BCUT2D eigenvalue weighted by Crippen LogP contribution is 2.27. The average molecular weight is 265 g/mol. The summed E-state index contributed by atoms with van der Waals surface area (Å²) >= 11 is 0. The van der Waals surface area contributed by atoms with Crippen molar-refractivity contribution in [1.29, 1.82) is 0 Å². The summed E-state index contributed by atoms with van der Waals surface area (Å²) in [7, 11) is 1.48. The molecule has 1 aromatic rings. The molecule has 0 bridgehead atoms. The van der Waals surface area contributed by atoms with Gasteiger partial charge in [0.05, 0.1) is 7.11 Å². The van der Waals surface area contributed by atoms with Crippen molar-refractivity contribution in [3.8, 4) is 11.5 Å². The van der Waals surface area contributed by atoms with Crippen LogP contribution in [0.4, 0.5) is 0 Å². The number of hydrogen-bond acceptors (Lipinski definition) is 3. The molecule has 4 nitrogen and oxygen atoms in total. The third-order valence-corrected chi connectivity index (χ3v) is 2.87. The zero-order chi connectivity index (χ0) is 14.6. The van der Waals surface area contributed by atoms with Gasteiger partial charge in [0.2, 0.25) is 0 Å². The monoisotopic (exact) mass is 265 g/mol. The maximum absolute atomic E-state index is 12.4. The summed E-state index contributed by atoms with van der Waals surface area (Å²) in [5, 5.41) is 9.75. The Bertz CT molecular complexity index is 441. The second-order valence-corrected chi connectivity index (χ2v) is 5.33. The van der Waals surface area contributed by atoms with Crippen LogP contribution in [0.15, 0.2) is 18.2 Å². The number of phenolic OH excluding ortho intramolecular Hbond substituents is 1. The predicted octanol–water partition coefficient (Wildman–Crippen LogP) is 2.91. The highest BCUT2D eigenvalue weighted by Gasteiger charge is 2.20. The van der Waals surface area contributed by atoms with Gasteiger partial charge in [0.25, 0.3) is 5.91 Å². The maximum atomic E-state index is 12.4. The van der Waals surface area contributed by atoms with Gasteiger partial charge in [-0.15, -0.1) is 0 Å². The molecule has 0 aromatic heterocycles. The topological polar surface area (TPSA) is 49.8 Å². The van der Waals surface area contributed by atoms with E-state index in [1.54, 1.807) is 12.1 Å². The molecule has 0 aliphatic carbocycles. The fraction of sp³-hybridized carbons (Fsp3) is 0.533. The highest BCUT2D eigenvalue weighted by molar-refractivity contribution is 5.95. The third-order valence-electron chi connectivity index (χ3n) is 2.87. The Hall–Kier alpha value is -1.71. The molecule has 19 heavy (non-hydrogen) atoms. The van der Waals surface area contributed by atoms with Crippen LogP contribution in [0, 0.1) is 5.92 Å². The van der Waals surface area contributed by atoms with Crippen LogP contribution in [0.25, 0.3) is 0 Å². The van der Waals surface area contributed by atoms with Gasteiger partial charge < -0.3 is 14.7 Å². The van der Waals surface area contributed by atoms with Crippen LogP contribution in [0.1, 0.15) is 38.1 Å². The van der Waals surface area contributed by atoms with Gasteiger partial charge in [-0.25, -0.2) is 0 Å². The zero-order valence-corrected chi connectivity index (χ0v) is 12.3. The number of carbonyl (C=O) groups is 1. The molecule has 0 saturated carbocycles. The van der Waals surface area contributed by atoms with Gasteiger partial charge in [-0.2, -0.15) is 0 Å². The largest absolute Gasteiger partial charge is 0.504 e. The lowest BCUT2D eigenvalue weighted by Gasteiger charge is -2.28. The summed E-state index contributed by atoms with van der Waals surface area (Å²) in [6, 6.07) is 4.86. The van der Waals surface area contributed by atoms with E-state index in [-0.39, 0.29) is 17.7 Å². The van der Waals surface area contributed by atoms with Crippen molar-refractivity contribution in [1.82, 2.24) is 4.90 Å². The van der Waals surface area contributed by atoms with E-state index in [4.69, 9.17) is 4.74 Å². The Balaban J connectivity index is 2.99. The molecular weight excluding hydrogens is 242 g/mol.